The van der Waals surface area contributed by atoms with E-state index >= 15 is 0 Å². The molecule has 2 N–H and O–H groups in total. The van der Waals surface area contributed by atoms with Crippen LogP contribution in [0, 0.1) is 0 Å². The number of carbonyl (C=O) groups excluding carboxylic acids is 1. The average Bonchev–Trinajstić information content (AvgIpc) is 2.73. The number of hydrazine groups is 1. The molecule has 1 aromatic heterocycles. The number of thiophene rings is 1. The summed E-state index contributed by atoms with van der Waals surface area (Å²) in [5, 5.41) is 4.91. The summed E-state index contributed by atoms with van der Waals surface area (Å²) >= 11 is 7.71. The van der Waals surface area contributed by atoms with Crippen LogP contribution in [-0.4, -0.2) is 15.2 Å². The SMILES string of the molecule is NN1C(=O)/C(=C/c2ccsc2)SC1=S. The van der Waals surface area contributed by atoms with E-state index in [1.165, 1.54) is 11.8 Å². The summed E-state index contributed by atoms with van der Waals surface area (Å²) in [7, 11) is 0. The van der Waals surface area contributed by atoms with Crippen molar-refractivity contribution in [2.24, 2.45) is 5.84 Å². The number of carbonyl (C=O) groups is 1. The van der Waals surface area contributed by atoms with Gasteiger partial charge in [-0.05, 0) is 28.5 Å². The minimum atomic E-state index is -0.230. The summed E-state index contributed by atoms with van der Waals surface area (Å²) in [6.45, 7) is 0. The highest BCUT2D eigenvalue weighted by atomic mass is 32.2. The van der Waals surface area contributed by atoms with Gasteiger partial charge in [0.05, 0.1) is 4.91 Å². The zero-order valence-corrected chi connectivity index (χ0v) is 9.42. The lowest BCUT2D eigenvalue weighted by atomic mass is 10.3. The Morgan fingerprint density at radius 3 is 2.86 bits per heavy atom. The average molecular weight is 242 g/mol. The van der Waals surface area contributed by atoms with Crippen LogP contribution in [0.2, 0.25) is 0 Å². The van der Waals surface area contributed by atoms with Gasteiger partial charge in [-0.2, -0.15) is 11.3 Å². The van der Waals surface area contributed by atoms with Crippen molar-refractivity contribution in [1.29, 1.82) is 0 Å². The first-order chi connectivity index (χ1) is 6.68. The van der Waals surface area contributed by atoms with Gasteiger partial charge in [0, 0.05) is 0 Å². The van der Waals surface area contributed by atoms with Crippen LogP contribution in [0.25, 0.3) is 6.08 Å². The lowest BCUT2D eigenvalue weighted by Gasteiger charge is -2.02. The van der Waals surface area contributed by atoms with E-state index in [1.807, 2.05) is 16.8 Å². The molecule has 0 radical (unpaired) electrons. The third-order valence-electron chi connectivity index (χ3n) is 1.66. The second-order valence-corrected chi connectivity index (χ2v) is 5.06. The molecule has 0 aromatic carbocycles. The van der Waals surface area contributed by atoms with E-state index in [9.17, 15) is 4.79 Å². The van der Waals surface area contributed by atoms with Crippen LogP contribution >= 0.6 is 35.3 Å². The van der Waals surface area contributed by atoms with Gasteiger partial charge in [0.15, 0.2) is 4.32 Å². The molecule has 6 heteroatoms. The van der Waals surface area contributed by atoms with Crippen molar-refractivity contribution in [1.82, 2.24) is 5.01 Å². The van der Waals surface area contributed by atoms with Crippen LogP contribution < -0.4 is 5.84 Å². The molecule has 0 aliphatic carbocycles. The van der Waals surface area contributed by atoms with Crippen molar-refractivity contribution >= 4 is 51.6 Å². The molecule has 0 unspecified atom stereocenters. The number of hydrogen-bond acceptors (Lipinski definition) is 5. The van der Waals surface area contributed by atoms with Gasteiger partial charge in [0.2, 0.25) is 0 Å². The van der Waals surface area contributed by atoms with Crippen LogP contribution in [0.5, 0.6) is 0 Å². The van der Waals surface area contributed by atoms with Gasteiger partial charge < -0.3 is 0 Å². The zero-order valence-electron chi connectivity index (χ0n) is 6.97. The van der Waals surface area contributed by atoms with Crippen LogP contribution in [0.4, 0.5) is 0 Å². The Morgan fingerprint density at radius 2 is 2.36 bits per heavy atom. The molecule has 0 spiro atoms. The maximum Gasteiger partial charge on any atom is 0.280 e. The molecule has 1 amide bonds. The van der Waals surface area contributed by atoms with Gasteiger partial charge in [-0.25, -0.2) is 10.9 Å². The standard InChI is InChI=1S/C8H6N2OS3/c9-10-7(11)6(14-8(10)12)3-5-1-2-13-4-5/h1-4H,9H2/b6-3-. The van der Waals surface area contributed by atoms with E-state index in [4.69, 9.17) is 18.1 Å². The summed E-state index contributed by atoms with van der Waals surface area (Å²) in [6, 6.07) is 1.94. The predicted octanol–water partition coefficient (Wildman–Crippen LogP) is 1.82. The Morgan fingerprint density at radius 1 is 1.57 bits per heavy atom. The molecular formula is C8H6N2OS3. The molecule has 14 heavy (non-hydrogen) atoms. The molecule has 1 saturated heterocycles. The van der Waals surface area contributed by atoms with E-state index in [2.05, 4.69) is 0 Å². The largest absolute Gasteiger partial charge is 0.280 e. The quantitative estimate of drug-likeness (QED) is 0.353. The lowest BCUT2D eigenvalue weighted by molar-refractivity contribution is -0.122. The Hall–Kier alpha value is -0.690. The molecule has 72 valence electrons. The second-order valence-electron chi connectivity index (χ2n) is 2.61. The number of thiocarbonyl (C=S) groups is 1. The fourth-order valence-corrected chi connectivity index (χ4v) is 2.71. The number of rotatable bonds is 1. The molecule has 2 heterocycles. The van der Waals surface area contributed by atoms with Crippen molar-refractivity contribution < 1.29 is 4.79 Å². The van der Waals surface area contributed by atoms with Crippen molar-refractivity contribution in [2.45, 2.75) is 0 Å². The number of thioether (sulfide) groups is 1. The van der Waals surface area contributed by atoms with E-state index in [0.29, 0.717) is 9.23 Å². The van der Waals surface area contributed by atoms with E-state index in [1.54, 1.807) is 17.4 Å². The number of nitrogens with zero attached hydrogens (tertiary/aromatic N) is 1. The molecule has 1 aromatic rings. The summed E-state index contributed by atoms with van der Waals surface area (Å²) in [4.78, 5) is 12.0. The zero-order chi connectivity index (χ0) is 10.1. The highest BCUT2D eigenvalue weighted by Gasteiger charge is 2.29. The van der Waals surface area contributed by atoms with E-state index < -0.39 is 0 Å². The molecule has 2 rings (SSSR count). The maximum absolute atomic E-state index is 11.5. The topological polar surface area (TPSA) is 46.3 Å². The molecule has 0 saturated carbocycles. The fraction of sp³-hybridized carbons (Fsp3) is 0. The summed E-state index contributed by atoms with van der Waals surface area (Å²) in [5.41, 5.74) is 1.00. The summed E-state index contributed by atoms with van der Waals surface area (Å²) < 4.78 is 0.400. The summed E-state index contributed by atoms with van der Waals surface area (Å²) in [6.07, 6.45) is 1.79. The number of nitrogens with two attached hydrogens (primary N) is 1. The Kier molecular flexibility index (Phi) is 2.69. The molecular weight excluding hydrogens is 236 g/mol. The van der Waals surface area contributed by atoms with E-state index in [-0.39, 0.29) is 5.91 Å². The highest BCUT2D eigenvalue weighted by Crippen LogP contribution is 2.30. The minimum Gasteiger partial charge on any atom is -0.267 e. The van der Waals surface area contributed by atoms with Crippen molar-refractivity contribution in [2.75, 3.05) is 0 Å². The van der Waals surface area contributed by atoms with Crippen molar-refractivity contribution in [3.63, 3.8) is 0 Å². The van der Waals surface area contributed by atoms with Gasteiger partial charge in [-0.3, -0.25) is 4.79 Å². The molecule has 0 bridgehead atoms. The Bertz CT molecular complexity index is 410. The molecule has 1 aliphatic heterocycles. The van der Waals surface area contributed by atoms with Gasteiger partial charge >= 0.3 is 0 Å². The third kappa shape index (κ3) is 1.74. The molecule has 0 atom stereocenters. The Balaban J connectivity index is 2.29. The van der Waals surface area contributed by atoms with Crippen LogP contribution in [0.3, 0.4) is 0 Å². The first kappa shape index (κ1) is 9.85. The monoisotopic (exact) mass is 242 g/mol. The Labute approximate surface area is 94.5 Å². The minimum absolute atomic E-state index is 0.230. The lowest BCUT2D eigenvalue weighted by Crippen LogP contribution is -2.34. The predicted molar refractivity (Wildman–Crippen MR) is 63.5 cm³/mol. The molecule has 1 aliphatic rings. The third-order valence-corrected chi connectivity index (χ3v) is 3.70. The normalized spacial score (nSPS) is 19.8. The first-order valence-electron chi connectivity index (χ1n) is 3.73. The molecule has 1 fully saturated rings. The maximum atomic E-state index is 11.5. The first-order valence-corrected chi connectivity index (χ1v) is 5.90. The fourth-order valence-electron chi connectivity index (χ4n) is 0.988. The highest BCUT2D eigenvalue weighted by molar-refractivity contribution is 8.26. The number of hydrogen-bond donors (Lipinski definition) is 1. The van der Waals surface area contributed by atoms with Gasteiger partial charge in [0.1, 0.15) is 0 Å². The van der Waals surface area contributed by atoms with Gasteiger partial charge in [-0.1, -0.05) is 24.0 Å². The molecule has 3 nitrogen and oxygen atoms in total. The van der Waals surface area contributed by atoms with Crippen molar-refractivity contribution in [3.8, 4) is 0 Å². The van der Waals surface area contributed by atoms with Crippen LogP contribution in [-0.2, 0) is 4.79 Å². The smallest absolute Gasteiger partial charge is 0.267 e. The van der Waals surface area contributed by atoms with E-state index in [0.717, 1.165) is 10.6 Å². The van der Waals surface area contributed by atoms with Gasteiger partial charge in [-0.15, -0.1) is 0 Å². The van der Waals surface area contributed by atoms with Crippen LogP contribution in [0.15, 0.2) is 21.7 Å². The second kappa shape index (κ2) is 3.82. The van der Waals surface area contributed by atoms with Crippen molar-refractivity contribution in [3.05, 3.63) is 27.3 Å². The van der Waals surface area contributed by atoms with Crippen LogP contribution in [0.1, 0.15) is 5.56 Å². The number of amides is 1. The summed E-state index contributed by atoms with van der Waals surface area (Å²) in [5.74, 6) is 5.19. The van der Waals surface area contributed by atoms with Gasteiger partial charge in [0.25, 0.3) is 5.91 Å².